The lowest BCUT2D eigenvalue weighted by Crippen LogP contribution is -2.43. The Kier molecular flexibility index (Phi) is 6.02. The lowest BCUT2D eigenvalue weighted by molar-refractivity contribution is -0.156. The van der Waals surface area contributed by atoms with Crippen molar-refractivity contribution in [2.45, 2.75) is 32.4 Å². The number of alkyl carbamates (subject to hydrolysis) is 1. The minimum absolute atomic E-state index is 0.568. The molecule has 2 atom stereocenters. The number of methoxy groups -OCH3 is 1. The van der Waals surface area contributed by atoms with E-state index in [-0.39, 0.29) is 0 Å². The van der Waals surface area contributed by atoms with E-state index in [2.05, 4.69) is 10.1 Å². The maximum absolute atomic E-state index is 12.8. The molecule has 10 heteroatoms. The highest BCUT2D eigenvalue weighted by molar-refractivity contribution is 6.09. The molecular formula is C18H21N3O7. The third-order valence-electron chi connectivity index (χ3n) is 4.28. The minimum atomic E-state index is -1.32. The lowest BCUT2D eigenvalue weighted by Gasteiger charge is -2.22. The van der Waals surface area contributed by atoms with Crippen LogP contribution in [-0.4, -0.2) is 54.6 Å². The number of ether oxygens (including phenoxy) is 2. The number of imide groups is 2. The molecule has 10 nitrogen and oxygen atoms in total. The van der Waals surface area contributed by atoms with E-state index in [0.717, 1.165) is 12.7 Å². The summed E-state index contributed by atoms with van der Waals surface area (Å²) in [6.07, 6.45) is -2.33. The quantitative estimate of drug-likeness (QED) is 0.554. The first kappa shape index (κ1) is 20.9. The maximum atomic E-state index is 12.8. The summed E-state index contributed by atoms with van der Waals surface area (Å²) in [6.45, 7) is 3.98. The van der Waals surface area contributed by atoms with Crippen molar-refractivity contribution in [3.63, 3.8) is 0 Å². The Morgan fingerprint density at radius 2 is 1.82 bits per heavy atom. The highest BCUT2D eigenvalue weighted by Crippen LogP contribution is 2.28. The molecule has 0 spiro atoms. The molecule has 0 bridgehead atoms. The van der Waals surface area contributed by atoms with Gasteiger partial charge >= 0.3 is 18.1 Å². The van der Waals surface area contributed by atoms with E-state index in [4.69, 9.17) is 4.74 Å². The van der Waals surface area contributed by atoms with Crippen LogP contribution in [0.25, 0.3) is 0 Å². The average molecular weight is 391 g/mol. The molecule has 2 rings (SSSR count). The molecule has 5 amide bonds. The normalized spacial score (nSPS) is 19.6. The van der Waals surface area contributed by atoms with Crippen LogP contribution in [0.2, 0.25) is 0 Å². The molecule has 0 radical (unpaired) electrons. The third-order valence-corrected chi connectivity index (χ3v) is 4.28. The summed E-state index contributed by atoms with van der Waals surface area (Å²) in [5, 5.41) is 4.42. The van der Waals surface area contributed by atoms with Gasteiger partial charge in [-0.3, -0.25) is 24.6 Å². The number of amides is 5. The number of benzene rings is 1. The van der Waals surface area contributed by atoms with E-state index in [1.54, 1.807) is 24.3 Å². The standard InChI is InChI=1S/C18H21N3O7/c1-10-5-7-12(8-6-10)18(3)15(24)21(16(25)20-18)9-13(22)28-11(2)14(23)19-17(26)27-4/h5-8,11H,9H2,1-4H3,(H,20,25)(H,19,23,26)/t11-,18+/m0/s1. The molecule has 28 heavy (non-hydrogen) atoms. The molecule has 0 aromatic heterocycles. The zero-order chi connectivity index (χ0) is 21.1. The van der Waals surface area contributed by atoms with Gasteiger partial charge in [0.15, 0.2) is 6.10 Å². The second kappa shape index (κ2) is 8.07. The Hall–Kier alpha value is -3.43. The number of nitrogens with zero attached hydrogens (tertiary/aromatic N) is 1. The fourth-order valence-corrected chi connectivity index (χ4v) is 2.59. The fourth-order valence-electron chi connectivity index (χ4n) is 2.59. The molecule has 1 aromatic rings. The summed E-state index contributed by atoms with van der Waals surface area (Å²) in [6, 6.07) is 6.29. The van der Waals surface area contributed by atoms with Gasteiger partial charge in [-0.15, -0.1) is 0 Å². The van der Waals surface area contributed by atoms with Crippen LogP contribution in [0.5, 0.6) is 0 Å². The first-order chi connectivity index (χ1) is 13.1. The number of rotatable bonds is 5. The maximum Gasteiger partial charge on any atom is 0.413 e. The molecule has 0 aliphatic carbocycles. The largest absolute Gasteiger partial charge is 0.453 e. The monoisotopic (exact) mass is 391 g/mol. The van der Waals surface area contributed by atoms with Crippen LogP contribution >= 0.6 is 0 Å². The van der Waals surface area contributed by atoms with Crippen molar-refractivity contribution in [3.8, 4) is 0 Å². The van der Waals surface area contributed by atoms with Crippen molar-refractivity contribution >= 4 is 29.9 Å². The van der Waals surface area contributed by atoms with Gasteiger partial charge in [0.1, 0.15) is 12.1 Å². The summed E-state index contributed by atoms with van der Waals surface area (Å²) in [4.78, 5) is 60.4. The highest BCUT2D eigenvalue weighted by atomic mass is 16.6. The third kappa shape index (κ3) is 4.27. The van der Waals surface area contributed by atoms with Crippen LogP contribution in [0.1, 0.15) is 25.0 Å². The highest BCUT2D eigenvalue weighted by Gasteiger charge is 2.49. The van der Waals surface area contributed by atoms with Crippen LogP contribution in [0.4, 0.5) is 9.59 Å². The fraction of sp³-hybridized carbons (Fsp3) is 0.389. The Bertz CT molecular complexity index is 821. The molecule has 1 saturated heterocycles. The number of nitrogens with one attached hydrogen (secondary N) is 2. The SMILES string of the molecule is COC(=O)NC(=O)[C@H](C)OC(=O)CN1C(=O)N[C@](C)(c2ccc(C)cc2)C1=O. The van der Waals surface area contributed by atoms with Crippen LogP contribution in [0.15, 0.2) is 24.3 Å². The van der Waals surface area contributed by atoms with E-state index in [0.29, 0.717) is 10.5 Å². The smallest absolute Gasteiger partial charge is 0.413 e. The van der Waals surface area contributed by atoms with Crippen molar-refractivity contribution in [1.29, 1.82) is 0 Å². The summed E-state index contributed by atoms with van der Waals surface area (Å²) in [5.41, 5.74) is 0.237. The Labute approximate surface area is 161 Å². The Balaban J connectivity index is 2.04. The molecule has 1 aliphatic rings. The summed E-state index contributed by atoms with van der Waals surface area (Å²) < 4.78 is 9.14. The number of carbonyl (C=O) groups excluding carboxylic acids is 5. The van der Waals surface area contributed by atoms with Crippen LogP contribution in [0, 0.1) is 6.92 Å². The summed E-state index contributed by atoms with van der Waals surface area (Å²) in [7, 11) is 1.07. The molecule has 150 valence electrons. The van der Waals surface area contributed by atoms with Gasteiger partial charge in [-0.05, 0) is 26.3 Å². The van der Waals surface area contributed by atoms with Crippen molar-refractivity contribution in [1.82, 2.24) is 15.5 Å². The topological polar surface area (TPSA) is 131 Å². The van der Waals surface area contributed by atoms with E-state index in [9.17, 15) is 24.0 Å². The van der Waals surface area contributed by atoms with Gasteiger partial charge in [0.25, 0.3) is 11.8 Å². The molecular weight excluding hydrogens is 370 g/mol. The number of esters is 1. The number of hydrogen-bond acceptors (Lipinski definition) is 7. The van der Waals surface area contributed by atoms with E-state index < -0.39 is 48.1 Å². The number of carbonyl (C=O) groups is 5. The zero-order valence-corrected chi connectivity index (χ0v) is 15.9. The van der Waals surface area contributed by atoms with Crippen molar-refractivity contribution in [2.24, 2.45) is 0 Å². The van der Waals surface area contributed by atoms with Crippen LogP contribution in [-0.2, 0) is 29.4 Å². The zero-order valence-electron chi connectivity index (χ0n) is 15.9. The Morgan fingerprint density at radius 3 is 2.39 bits per heavy atom. The Morgan fingerprint density at radius 1 is 1.21 bits per heavy atom. The first-order valence-corrected chi connectivity index (χ1v) is 8.38. The molecule has 0 saturated carbocycles. The van der Waals surface area contributed by atoms with Crippen LogP contribution in [0.3, 0.4) is 0 Å². The molecule has 0 unspecified atom stereocenters. The average Bonchev–Trinajstić information content (AvgIpc) is 2.85. The summed E-state index contributed by atoms with van der Waals surface area (Å²) >= 11 is 0. The molecule has 2 N–H and O–H groups in total. The van der Waals surface area contributed by atoms with Crippen LogP contribution < -0.4 is 10.6 Å². The van der Waals surface area contributed by atoms with Gasteiger partial charge in [0, 0.05) is 0 Å². The van der Waals surface area contributed by atoms with E-state index in [1.807, 2.05) is 12.2 Å². The predicted molar refractivity (Wildman–Crippen MR) is 94.9 cm³/mol. The van der Waals surface area contributed by atoms with E-state index in [1.165, 1.54) is 13.8 Å². The second-order valence-corrected chi connectivity index (χ2v) is 6.43. The number of hydrogen-bond donors (Lipinski definition) is 2. The second-order valence-electron chi connectivity index (χ2n) is 6.43. The van der Waals surface area contributed by atoms with Gasteiger partial charge < -0.3 is 14.8 Å². The van der Waals surface area contributed by atoms with Gasteiger partial charge in [-0.2, -0.15) is 0 Å². The molecule has 1 fully saturated rings. The van der Waals surface area contributed by atoms with E-state index >= 15 is 0 Å². The molecule has 1 heterocycles. The van der Waals surface area contributed by atoms with Crippen molar-refractivity contribution in [2.75, 3.05) is 13.7 Å². The van der Waals surface area contributed by atoms with Gasteiger partial charge in [-0.25, -0.2) is 9.59 Å². The van der Waals surface area contributed by atoms with Gasteiger partial charge in [-0.1, -0.05) is 29.8 Å². The van der Waals surface area contributed by atoms with Crippen molar-refractivity contribution in [3.05, 3.63) is 35.4 Å². The van der Waals surface area contributed by atoms with Gasteiger partial charge in [0.05, 0.1) is 7.11 Å². The first-order valence-electron chi connectivity index (χ1n) is 8.38. The van der Waals surface area contributed by atoms with Gasteiger partial charge in [0.2, 0.25) is 0 Å². The minimum Gasteiger partial charge on any atom is -0.453 e. The lowest BCUT2D eigenvalue weighted by atomic mass is 9.91. The van der Waals surface area contributed by atoms with Crippen molar-refractivity contribution < 1.29 is 33.4 Å². The summed E-state index contributed by atoms with van der Waals surface area (Å²) in [5.74, 6) is -2.50. The predicted octanol–water partition coefficient (Wildman–Crippen LogP) is 0.576. The molecule has 1 aliphatic heterocycles. The number of aryl methyl sites for hydroxylation is 1. The number of urea groups is 1. The molecule has 1 aromatic carbocycles.